The predicted octanol–water partition coefficient (Wildman–Crippen LogP) is 2.58. The van der Waals surface area contributed by atoms with Gasteiger partial charge in [0.25, 0.3) is 0 Å². The zero-order valence-corrected chi connectivity index (χ0v) is 9.17. The van der Waals surface area contributed by atoms with E-state index in [1.807, 2.05) is 18.2 Å². The smallest absolute Gasteiger partial charge is 0.101 e. The highest BCUT2D eigenvalue weighted by molar-refractivity contribution is 5.39. The van der Waals surface area contributed by atoms with Crippen LogP contribution in [-0.2, 0) is 11.8 Å². The molecule has 1 unspecified atom stereocenters. The van der Waals surface area contributed by atoms with Gasteiger partial charge >= 0.3 is 0 Å². The van der Waals surface area contributed by atoms with Crippen LogP contribution in [0.4, 0.5) is 4.39 Å². The minimum Gasteiger partial charge on any atom is -0.330 e. The van der Waals surface area contributed by atoms with Gasteiger partial charge in [0.15, 0.2) is 0 Å². The SMILES string of the molecule is CC(F)Cc1ccccc1C1(CN)CC1. The Morgan fingerprint density at radius 2 is 2.07 bits per heavy atom. The first kappa shape index (κ1) is 10.6. The number of benzene rings is 1. The Balaban J connectivity index is 2.30. The zero-order chi connectivity index (χ0) is 10.9. The van der Waals surface area contributed by atoms with Gasteiger partial charge in [0, 0.05) is 18.4 Å². The summed E-state index contributed by atoms with van der Waals surface area (Å²) in [7, 11) is 0. The lowest BCUT2D eigenvalue weighted by Gasteiger charge is -2.18. The van der Waals surface area contributed by atoms with Crippen LogP contribution in [0.2, 0.25) is 0 Å². The molecule has 0 radical (unpaired) electrons. The molecule has 0 saturated heterocycles. The van der Waals surface area contributed by atoms with E-state index in [1.165, 1.54) is 5.56 Å². The molecule has 1 aromatic carbocycles. The van der Waals surface area contributed by atoms with E-state index in [9.17, 15) is 4.39 Å². The molecule has 1 nitrogen and oxygen atoms in total. The van der Waals surface area contributed by atoms with Crippen molar-refractivity contribution < 1.29 is 4.39 Å². The fraction of sp³-hybridized carbons (Fsp3) is 0.538. The van der Waals surface area contributed by atoms with E-state index in [0.717, 1.165) is 18.4 Å². The normalized spacial score (nSPS) is 19.9. The molecular formula is C13H18FN. The Morgan fingerprint density at radius 1 is 1.40 bits per heavy atom. The van der Waals surface area contributed by atoms with Crippen LogP contribution in [0.1, 0.15) is 30.9 Å². The van der Waals surface area contributed by atoms with Crippen LogP contribution in [0.5, 0.6) is 0 Å². The van der Waals surface area contributed by atoms with E-state index in [4.69, 9.17) is 5.73 Å². The van der Waals surface area contributed by atoms with E-state index in [2.05, 4.69) is 6.07 Å². The summed E-state index contributed by atoms with van der Waals surface area (Å²) in [4.78, 5) is 0. The molecule has 2 N–H and O–H groups in total. The van der Waals surface area contributed by atoms with Gasteiger partial charge in [-0.05, 0) is 30.9 Å². The molecule has 2 heteroatoms. The second kappa shape index (κ2) is 3.93. The fourth-order valence-electron chi connectivity index (χ4n) is 2.25. The third kappa shape index (κ3) is 2.05. The summed E-state index contributed by atoms with van der Waals surface area (Å²) in [6.07, 6.45) is 2.04. The molecule has 0 heterocycles. The number of alkyl halides is 1. The van der Waals surface area contributed by atoms with Gasteiger partial charge in [-0.3, -0.25) is 0 Å². The Kier molecular flexibility index (Phi) is 2.79. The Morgan fingerprint density at radius 3 is 2.60 bits per heavy atom. The van der Waals surface area contributed by atoms with Gasteiger partial charge in [0.2, 0.25) is 0 Å². The highest BCUT2D eigenvalue weighted by Gasteiger charge is 2.43. The van der Waals surface area contributed by atoms with Crippen molar-refractivity contribution >= 4 is 0 Å². The van der Waals surface area contributed by atoms with Crippen LogP contribution >= 0.6 is 0 Å². The van der Waals surface area contributed by atoms with Crippen molar-refractivity contribution in [1.29, 1.82) is 0 Å². The van der Waals surface area contributed by atoms with Gasteiger partial charge in [-0.25, -0.2) is 4.39 Å². The molecule has 1 saturated carbocycles. The average molecular weight is 207 g/mol. The van der Waals surface area contributed by atoms with Crippen LogP contribution < -0.4 is 5.73 Å². The second-order valence-electron chi connectivity index (χ2n) is 4.63. The highest BCUT2D eigenvalue weighted by atomic mass is 19.1. The van der Waals surface area contributed by atoms with Crippen molar-refractivity contribution in [2.45, 2.75) is 37.8 Å². The molecule has 1 atom stereocenters. The number of halogens is 1. The Hall–Kier alpha value is -0.890. The average Bonchev–Trinajstić information content (AvgIpc) is 2.98. The van der Waals surface area contributed by atoms with Crippen molar-refractivity contribution in [2.75, 3.05) is 6.54 Å². The van der Waals surface area contributed by atoms with Crippen LogP contribution in [0, 0.1) is 0 Å². The summed E-state index contributed by atoms with van der Waals surface area (Å²) in [5.41, 5.74) is 8.39. The minimum absolute atomic E-state index is 0.172. The quantitative estimate of drug-likeness (QED) is 0.806. The molecule has 1 aromatic rings. The molecule has 2 rings (SSSR count). The van der Waals surface area contributed by atoms with E-state index in [-0.39, 0.29) is 5.41 Å². The first-order valence-electron chi connectivity index (χ1n) is 5.60. The summed E-state index contributed by atoms with van der Waals surface area (Å²) < 4.78 is 13.0. The van der Waals surface area contributed by atoms with Gasteiger partial charge in [0.1, 0.15) is 6.17 Å². The summed E-state index contributed by atoms with van der Waals surface area (Å²) in [5, 5.41) is 0. The van der Waals surface area contributed by atoms with Crippen molar-refractivity contribution in [3.8, 4) is 0 Å². The highest BCUT2D eigenvalue weighted by Crippen LogP contribution is 2.48. The van der Waals surface area contributed by atoms with Crippen LogP contribution in [0.3, 0.4) is 0 Å². The van der Waals surface area contributed by atoms with Crippen LogP contribution in [0.15, 0.2) is 24.3 Å². The lowest BCUT2D eigenvalue weighted by molar-refractivity contribution is 0.359. The third-order valence-electron chi connectivity index (χ3n) is 3.33. The first-order valence-corrected chi connectivity index (χ1v) is 5.60. The predicted molar refractivity (Wildman–Crippen MR) is 60.7 cm³/mol. The molecule has 1 aliphatic rings. The molecular weight excluding hydrogens is 189 g/mol. The lowest BCUT2D eigenvalue weighted by atomic mass is 9.89. The number of nitrogens with two attached hydrogens (primary N) is 1. The molecule has 0 bridgehead atoms. The van der Waals surface area contributed by atoms with Crippen molar-refractivity contribution in [2.24, 2.45) is 5.73 Å². The third-order valence-corrected chi connectivity index (χ3v) is 3.33. The summed E-state index contributed by atoms with van der Waals surface area (Å²) in [6, 6.07) is 8.14. The van der Waals surface area contributed by atoms with Gasteiger partial charge in [-0.15, -0.1) is 0 Å². The van der Waals surface area contributed by atoms with Crippen molar-refractivity contribution in [3.05, 3.63) is 35.4 Å². The van der Waals surface area contributed by atoms with Gasteiger partial charge in [0.05, 0.1) is 0 Å². The molecule has 15 heavy (non-hydrogen) atoms. The number of hydrogen-bond acceptors (Lipinski definition) is 1. The van der Waals surface area contributed by atoms with E-state index >= 15 is 0 Å². The molecule has 82 valence electrons. The number of hydrogen-bond donors (Lipinski definition) is 1. The zero-order valence-electron chi connectivity index (χ0n) is 9.17. The maximum atomic E-state index is 13.0. The molecule has 1 aliphatic carbocycles. The molecule has 0 spiro atoms. The number of rotatable bonds is 4. The Bertz CT molecular complexity index is 342. The standard InChI is InChI=1S/C13H18FN/c1-10(14)8-11-4-2-3-5-12(11)13(9-15)6-7-13/h2-5,10H,6-9,15H2,1H3. The van der Waals surface area contributed by atoms with Gasteiger partial charge in [-0.2, -0.15) is 0 Å². The van der Waals surface area contributed by atoms with Crippen LogP contribution in [0.25, 0.3) is 0 Å². The van der Waals surface area contributed by atoms with Crippen LogP contribution in [-0.4, -0.2) is 12.7 Å². The maximum Gasteiger partial charge on any atom is 0.101 e. The first-order chi connectivity index (χ1) is 7.18. The fourth-order valence-corrected chi connectivity index (χ4v) is 2.25. The molecule has 0 aliphatic heterocycles. The van der Waals surface area contributed by atoms with E-state index in [0.29, 0.717) is 13.0 Å². The van der Waals surface area contributed by atoms with E-state index < -0.39 is 6.17 Å². The van der Waals surface area contributed by atoms with Gasteiger partial charge < -0.3 is 5.73 Å². The molecule has 1 fully saturated rings. The van der Waals surface area contributed by atoms with Gasteiger partial charge in [-0.1, -0.05) is 24.3 Å². The largest absolute Gasteiger partial charge is 0.330 e. The topological polar surface area (TPSA) is 26.0 Å². The summed E-state index contributed by atoms with van der Waals surface area (Å²) in [5.74, 6) is 0. The molecule has 0 amide bonds. The summed E-state index contributed by atoms with van der Waals surface area (Å²) >= 11 is 0. The second-order valence-corrected chi connectivity index (χ2v) is 4.63. The van der Waals surface area contributed by atoms with Crippen molar-refractivity contribution in [3.63, 3.8) is 0 Å². The minimum atomic E-state index is -0.778. The summed E-state index contributed by atoms with van der Waals surface area (Å²) in [6.45, 7) is 2.30. The maximum absolute atomic E-state index is 13.0. The Labute approximate surface area is 90.5 Å². The lowest BCUT2D eigenvalue weighted by Crippen LogP contribution is -2.21. The van der Waals surface area contributed by atoms with E-state index in [1.54, 1.807) is 6.92 Å². The monoisotopic (exact) mass is 207 g/mol. The van der Waals surface area contributed by atoms with Crippen molar-refractivity contribution in [1.82, 2.24) is 0 Å². The molecule has 0 aromatic heterocycles.